The van der Waals surface area contributed by atoms with Crippen LogP contribution in [0.2, 0.25) is 0 Å². The Hall–Kier alpha value is -1.35. The lowest BCUT2D eigenvalue weighted by atomic mass is 10.1. The van der Waals surface area contributed by atoms with Crippen molar-refractivity contribution in [3.8, 4) is 0 Å². The Labute approximate surface area is 82.3 Å². The molecule has 0 bridgehead atoms. The van der Waals surface area contributed by atoms with Crippen molar-refractivity contribution in [3.05, 3.63) is 34.9 Å². The van der Waals surface area contributed by atoms with Crippen molar-refractivity contribution in [2.24, 2.45) is 0 Å². The SMILES string of the molecule is COC(=O)c1ccc2c(c1)C(O)CC2. The molecule has 0 amide bonds. The van der Waals surface area contributed by atoms with E-state index in [0.717, 1.165) is 24.0 Å². The molecule has 0 saturated carbocycles. The molecule has 0 radical (unpaired) electrons. The third-order valence-corrected chi connectivity index (χ3v) is 2.61. The van der Waals surface area contributed by atoms with Crippen molar-refractivity contribution in [3.63, 3.8) is 0 Å². The number of aliphatic hydroxyl groups excluding tert-OH is 1. The number of ether oxygens (including phenoxy) is 1. The Morgan fingerprint density at radius 2 is 2.36 bits per heavy atom. The lowest BCUT2D eigenvalue weighted by Crippen LogP contribution is -2.02. The summed E-state index contributed by atoms with van der Waals surface area (Å²) < 4.78 is 4.61. The van der Waals surface area contributed by atoms with E-state index >= 15 is 0 Å². The molecule has 74 valence electrons. The monoisotopic (exact) mass is 192 g/mol. The van der Waals surface area contributed by atoms with Crippen LogP contribution in [0.1, 0.15) is 34.0 Å². The maximum absolute atomic E-state index is 11.2. The predicted molar refractivity (Wildman–Crippen MR) is 51.1 cm³/mol. The van der Waals surface area contributed by atoms with Gasteiger partial charge >= 0.3 is 5.97 Å². The molecule has 1 N–H and O–H groups in total. The van der Waals surface area contributed by atoms with Crippen LogP contribution in [0.15, 0.2) is 18.2 Å². The first-order valence-corrected chi connectivity index (χ1v) is 4.61. The highest BCUT2D eigenvalue weighted by Crippen LogP contribution is 2.31. The fourth-order valence-corrected chi connectivity index (χ4v) is 1.83. The van der Waals surface area contributed by atoms with Crippen molar-refractivity contribution >= 4 is 5.97 Å². The average Bonchev–Trinajstić information content (AvgIpc) is 2.59. The zero-order valence-corrected chi connectivity index (χ0v) is 7.99. The smallest absolute Gasteiger partial charge is 0.337 e. The molecule has 14 heavy (non-hydrogen) atoms. The standard InChI is InChI=1S/C11H12O3/c1-14-11(13)8-3-2-7-4-5-10(12)9(7)6-8/h2-3,6,10,12H,4-5H2,1H3. The summed E-state index contributed by atoms with van der Waals surface area (Å²) >= 11 is 0. The first-order valence-electron chi connectivity index (χ1n) is 4.61. The minimum Gasteiger partial charge on any atom is -0.465 e. The molecule has 1 unspecified atom stereocenters. The highest BCUT2D eigenvalue weighted by molar-refractivity contribution is 5.89. The van der Waals surface area contributed by atoms with Gasteiger partial charge in [-0.1, -0.05) is 6.07 Å². The van der Waals surface area contributed by atoms with E-state index in [1.54, 1.807) is 12.1 Å². The number of esters is 1. The summed E-state index contributed by atoms with van der Waals surface area (Å²) in [6.07, 6.45) is 1.22. The van der Waals surface area contributed by atoms with Crippen molar-refractivity contribution < 1.29 is 14.6 Å². The number of hydrogen-bond donors (Lipinski definition) is 1. The van der Waals surface area contributed by atoms with Crippen molar-refractivity contribution in [2.45, 2.75) is 18.9 Å². The molecular formula is C11H12O3. The Bertz CT molecular complexity index is 371. The van der Waals surface area contributed by atoms with Gasteiger partial charge in [-0.3, -0.25) is 0 Å². The lowest BCUT2D eigenvalue weighted by molar-refractivity contribution is 0.0600. The van der Waals surface area contributed by atoms with Gasteiger partial charge in [-0.15, -0.1) is 0 Å². The Morgan fingerprint density at radius 3 is 3.07 bits per heavy atom. The quantitative estimate of drug-likeness (QED) is 0.685. The zero-order chi connectivity index (χ0) is 10.1. The van der Waals surface area contributed by atoms with E-state index in [4.69, 9.17) is 0 Å². The molecule has 3 nitrogen and oxygen atoms in total. The van der Waals surface area contributed by atoms with Crippen LogP contribution in [0.3, 0.4) is 0 Å². The Morgan fingerprint density at radius 1 is 1.57 bits per heavy atom. The topological polar surface area (TPSA) is 46.5 Å². The number of hydrogen-bond acceptors (Lipinski definition) is 3. The van der Waals surface area contributed by atoms with E-state index in [2.05, 4.69) is 4.74 Å². The van der Waals surface area contributed by atoms with E-state index in [1.807, 2.05) is 6.07 Å². The maximum atomic E-state index is 11.2. The van der Waals surface area contributed by atoms with Gasteiger partial charge in [-0.05, 0) is 36.1 Å². The van der Waals surface area contributed by atoms with Crippen LogP contribution < -0.4 is 0 Å². The number of rotatable bonds is 1. The number of aryl methyl sites for hydroxylation is 1. The van der Waals surface area contributed by atoms with E-state index in [1.165, 1.54) is 7.11 Å². The molecule has 1 aromatic carbocycles. The van der Waals surface area contributed by atoms with Gasteiger partial charge < -0.3 is 9.84 Å². The molecule has 1 atom stereocenters. The number of carbonyl (C=O) groups is 1. The van der Waals surface area contributed by atoms with Gasteiger partial charge in [0.05, 0.1) is 18.8 Å². The molecule has 1 aliphatic rings. The fraction of sp³-hybridized carbons (Fsp3) is 0.364. The Balaban J connectivity index is 2.39. The van der Waals surface area contributed by atoms with E-state index in [-0.39, 0.29) is 5.97 Å². The van der Waals surface area contributed by atoms with Crippen LogP contribution in [0.4, 0.5) is 0 Å². The normalized spacial score (nSPS) is 19.1. The molecule has 0 aromatic heterocycles. The predicted octanol–water partition coefficient (Wildman–Crippen LogP) is 1.45. The summed E-state index contributed by atoms with van der Waals surface area (Å²) in [6.45, 7) is 0. The summed E-state index contributed by atoms with van der Waals surface area (Å²) in [4.78, 5) is 11.2. The second-order valence-electron chi connectivity index (χ2n) is 3.46. The van der Waals surface area contributed by atoms with E-state index in [9.17, 15) is 9.90 Å². The first-order chi connectivity index (χ1) is 6.72. The number of methoxy groups -OCH3 is 1. The summed E-state index contributed by atoms with van der Waals surface area (Å²) in [5.41, 5.74) is 2.50. The molecule has 0 aliphatic heterocycles. The van der Waals surface area contributed by atoms with Gasteiger partial charge in [-0.25, -0.2) is 4.79 Å². The van der Waals surface area contributed by atoms with Crippen LogP contribution in [0.25, 0.3) is 0 Å². The molecule has 1 aromatic rings. The molecule has 3 heteroatoms. The summed E-state index contributed by atoms with van der Waals surface area (Å²) in [6, 6.07) is 5.35. The molecule has 1 aliphatic carbocycles. The molecule has 2 rings (SSSR count). The average molecular weight is 192 g/mol. The molecule has 0 fully saturated rings. The van der Waals surface area contributed by atoms with Crippen LogP contribution in [0, 0.1) is 0 Å². The van der Waals surface area contributed by atoms with Gasteiger partial charge in [0.15, 0.2) is 0 Å². The number of carbonyl (C=O) groups excluding carboxylic acids is 1. The van der Waals surface area contributed by atoms with Gasteiger partial charge in [0, 0.05) is 0 Å². The summed E-state index contributed by atoms with van der Waals surface area (Å²) in [5.74, 6) is -0.355. The largest absolute Gasteiger partial charge is 0.465 e. The molecule has 0 spiro atoms. The third-order valence-electron chi connectivity index (χ3n) is 2.61. The van der Waals surface area contributed by atoms with Crippen LogP contribution in [0.5, 0.6) is 0 Å². The van der Waals surface area contributed by atoms with Gasteiger partial charge in [0.1, 0.15) is 0 Å². The van der Waals surface area contributed by atoms with Gasteiger partial charge in [0.25, 0.3) is 0 Å². The molecule has 0 heterocycles. The minimum absolute atomic E-state index is 0.355. The second-order valence-corrected chi connectivity index (χ2v) is 3.46. The maximum Gasteiger partial charge on any atom is 0.337 e. The fourth-order valence-electron chi connectivity index (χ4n) is 1.83. The summed E-state index contributed by atoms with van der Waals surface area (Å²) in [5, 5.41) is 9.61. The first kappa shape index (κ1) is 9.21. The second kappa shape index (κ2) is 3.42. The van der Waals surface area contributed by atoms with Gasteiger partial charge in [0.2, 0.25) is 0 Å². The van der Waals surface area contributed by atoms with E-state index in [0.29, 0.717) is 5.56 Å². The molecule has 0 saturated heterocycles. The van der Waals surface area contributed by atoms with Crippen molar-refractivity contribution in [1.29, 1.82) is 0 Å². The molecular weight excluding hydrogens is 180 g/mol. The third kappa shape index (κ3) is 1.40. The highest BCUT2D eigenvalue weighted by atomic mass is 16.5. The van der Waals surface area contributed by atoms with Crippen molar-refractivity contribution in [2.75, 3.05) is 7.11 Å². The van der Waals surface area contributed by atoms with Crippen LogP contribution in [-0.4, -0.2) is 18.2 Å². The highest BCUT2D eigenvalue weighted by Gasteiger charge is 2.21. The number of fused-ring (bicyclic) bond motifs is 1. The van der Waals surface area contributed by atoms with Crippen LogP contribution >= 0.6 is 0 Å². The number of aliphatic hydroxyl groups is 1. The van der Waals surface area contributed by atoms with Crippen molar-refractivity contribution in [1.82, 2.24) is 0 Å². The zero-order valence-electron chi connectivity index (χ0n) is 7.99. The Kier molecular flexibility index (Phi) is 2.25. The summed E-state index contributed by atoms with van der Waals surface area (Å²) in [7, 11) is 1.35. The van der Waals surface area contributed by atoms with E-state index < -0.39 is 6.10 Å². The lowest BCUT2D eigenvalue weighted by Gasteiger charge is -2.05. The number of benzene rings is 1. The van der Waals surface area contributed by atoms with Gasteiger partial charge in [-0.2, -0.15) is 0 Å². The minimum atomic E-state index is -0.422. The van der Waals surface area contributed by atoms with Crippen LogP contribution in [-0.2, 0) is 11.2 Å².